The van der Waals surface area contributed by atoms with E-state index in [1.54, 1.807) is 35.6 Å². The van der Waals surface area contributed by atoms with Crippen LogP contribution in [0.25, 0.3) is 10.2 Å². The van der Waals surface area contributed by atoms with Gasteiger partial charge in [0.2, 0.25) is 11.8 Å². The molecule has 4 N–H and O–H groups in total. The van der Waals surface area contributed by atoms with E-state index in [-0.39, 0.29) is 30.5 Å². The van der Waals surface area contributed by atoms with Crippen LogP contribution in [0.1, 0.15) is 27.2 Å². The summed E-state index contributed by atoms with van der Waals surface area (Å²) in [4.78, 5) is 46.4. The molecule has 0 aliphatic heterocycles. The molecule has 0 aliphatic rings. The van der Waals surface area contributed by atoms with Crippen LogP contribution in [0.15, 0.2) is 35.6 Å². The molecule has 1 aromatic carbocycles. The topological polar surface area (TPSA) is 127 Å². The lowest BCUT2D eigenvalue weighted by Crippen LogP contribution is -2.29. The van der Waals surface area contributed by atoms with Crippen molar-refractivity contribution >= 4 is 56.7 Å². The number of nitrogens with zero attached hydrogens (tertiary/aromatic N) is 2. The number of hydrogen-bond acceptors (Lipinski definition) is 7. The third-order valence-electron chi connectivity index (χ3n) is 4.37. The van der Waals surface area contributed by atoms with Crippen LogP contribution in [-0.2, 0) is 9.59 Å². The fourth-order valence-electron chi connectivity index (χ4n) is 2.76. The summed E-state index contributed by atoms with van der Waals surface area (Å²) in [6, 6.07) is 6.69. The molecular formula is C20H21N5O3S2. The van der Waals surface area contributed by atoms with Crippen molar-refractivity contribution in [1.29, 1.82) is 0 Å². The van der Waals surface area contributed by atoms with Crippen molar-refractivity contribution < 1.29 is 14.4 Å². The highest BCUT2D eigenvalue weighted by atomic mass is 32.2. The van der Waals surface area contributed by atoms with Crippen LogP contribution in [0.5, 0.6) is 0 Å². The van der Waals surface area contributed by atoms with Gasteiger partial charge in [-0.1, -0.05) is 23.9 Å². The highest BCUT2D eigenvalue weighted by Crippen LogP contribution is 2.34. The average molecular weight is 444 g/mol. The van der Waals surface area contributed by atoms with Crippen LogP contribution >= 0.6 is 23.1 Å². The number of thioether (sulfide) groups is 1. The van der Waals surface area contributed by atoms with Crippen molar-refractivity contribution in [2.75, 3.05) is 17.6 Å². The second kappa shape index (κ2) is 9.68. The molecule has 3 amide bonds. The van der Waals surface area contributed by atoms with Crippen LogP contribution in [0, 0.1) is 13.8 Å². The fourth-order valence-corrected chi connectivity index (χ4v) is 4.68. The molecule has 0 spiro atoms. The number of carbonyl (C=O) groups excluding carboxylic acids is 3. The van der Waals surface area contributed by atoms with Gasteiger partial charge in [-0.25, -0.2) is 9.97 Å². The number of rotatable bonds is 8. The molecule has 156 valence electrons. The van der Waals surface area contributed by atoms with Gasteiger partial charge in [-0.3, -0.25) is 14.4 Å². The second-order valence-electron chi connectivity index (χ2n) is 6.50. The summed E-state index contributed by atoms with van der Waals surface area (Å²) in [7, 11) is 0. The number of hydrogen-bond donors (Lipinski definition) is 3. The summed E-state index contributed by atoms with van der Waals surface area (Å²) in [5.74, 6) is -1.00. The second-order valence-corrected chi connectivity index (χ2v) is 8.66. The Labute approximate surface area is 181 Å². The first kappa shape index (κ1) is 21.7. The molecule has 30 heavy (non-hydrogen) atoms. The number of nitrogens with one attached hydrogen (secondary N) is 2. The number of para-hydroxylation sites is 1. The predicted octanol–water partition coefficient (Wildman–Crippen LogP) is 2.64. The molecule has 0 saturated carbocycles. The number of fused-ring (bicyclic) bond motifs is 1. The molecule has 2 heterocycles. The summed E-state index contributed by atoms with van der Waals surface area (Å²) in [5.41, 5.74) is 6.92. The van der Waals surface area contributed by atoms with Gasteiger partial charge in [0.05, 0.1) is 17.0 Å². The first-order valence-corrected chi connectivity index (χ1v) is 11.0. The van der Waals surface area contributed by atoms with E-state index in [9.17, 15) is 14.4 Å². The molecule has 0 radical (unpaired) electrons. The number of aromatic nitrogens is 2. The summed E-state index contributed by atoms with van der Waals surface area (Å²) < 4.78 is 0. The molecule has 3 aromatic rings. The fraction of sp³-hybridized carbons (Fsp3) is 0.250. The predicted molar refractivity (Wildman–Crippen MR) is 119 cm³/mol. The van der Waals surface area contributed by atoms with Crippen LogP contribution in [0.4, 0.5) is 5.69 Å². The van der Waals surface area contributed by atoms with E-state index < -0.39 is 5.91 Å². The van der Waals surface area contributed by atoms with Gasteiger partial charge in [-0.2, -0.15) is 0 Å². The average Bonchev–Trinajstić information content (AvgIpc) is 3.01. The van der Waals surface area contributed by atoms with Gasteiger partial charge in [0.1, 0.15) is 16.2 Å². The largest absolute Gasteiger partial charge is 0.370 e. The molecule has 0 saturated heterocycles. The third kappa shape index (κ3) is 5.14. The molecule has 0 unspecified atom stereocenters. The van der Waals surface area contributed by atoms with Crippen molar-refractivity contribution in [3.8, 4) is 0 Å². The third-order valence-corrected chi connectivity index (χ3v) is 6.48. The van der Waals surface area contributed by atoms with Crippen LogP contribution in [0.2, 0.25) is 0 Å². The quantitative estimate of drug-likeness (QED) is 0.363. The van der Waals surface area contributed by atoms with Crippen LogP contribution in [-0.4, -0.2) is 40.0 Å². The first-order valence-electron chi connectivity index (χ1n) is 9.15. The number of benzene rings is 1. The summed E-state index contributed by atoms with van der Waals surface area (Å²) in [5, 5.41) is 7.13. The Morgan fingerprint density at radius 3 is 2.70 bits per heavy atom. The number of amides is 3. The van der Waals surface area contributed by atoms with Gasteiger partial charge in [0.25, 0.3) is 5.91 Å². The summed E-state index contributed by atoms with van der Waals surface area (Å²) in [6.07, 6.45) is 1.55. The van der Waals surface area contributed by atoms with Gasteiger partial charge in [-0.05, 0) is 31.5 Å². The highest BCUT2D eigenvalue weighted by molar-refractivity contribution is 8.00. The van der Waals surface area contributed by atoms with Crippen molar-refractivity contribution in [2.24, 2.45) is 5.73 Å². The van der Waals surface area contributed by atoms with E-state index in [2.05, 4.69) is 20.6 Å². The molecule has 0 aliphatic carbocycles. The lowest BCUT2D eigenvalue weighted by atomic mass is 10.1. The van der Waals surface area contributed by atoms with Crippen molar-refractivity contribution in [3.05, 3.63) is 46.6 Å². The molecule has 8 nitrogen and oxygen atoms in total. The Morgan fingerprint density at radius 2 is 1.93 bits per heavy atom. The van der Waals surface area contributed by atoms with E-state index in [1.165, 1.54) is 23.0 Å². The SMILES string of the molecule is Cc1sc2ncnc(SCC(=O)Nc3ccccc3C(=O)NCCC(N)=O)c2c1C. The molecule has 0 bridgehead atoms. The first-order chi connectivity index (χ1) is 14.4. The van der Waals surface area contributed by atoms with Gasteiger partial charge < -0.3 is 16.4 Å². The van der Waals surface area contributed by atoms with Crippen LogP contribution in [0.3, 0.4) is 0 Å². The van der Waals surface area contributed by atoms with Gasteiger partial charge in [-0.15, -0.1) is 11.3 Å². The molecule has 10 heteroatoms. The van der Waals surface area contributed by atoms with E-state index in [0.29, 0.717) is 11.3 Å². The zero-order valence-corrected chi connectivity index (χ0v) is 18.2. The lowest BCUT2D eigenvalue weighted by Gasteiger charge is -2.11. The lowest BCUT2D eigenvalue weighted by molar-refractivity contribution is -0.118. The number of aryl methyl sites for hydroxylation is 2. The normalized spacial score (nSPS) is 10.7. The molecule has 2 aromatic heterocycles. The smallest absolute Gasteiger partial charge is 0.253 e. The van der Waals surface area contributed by atoms with Crippen LogP contribution < -0.4 is 16.4 Å². The Hall–Kier alpha value is -2.98. The van der Waals surface area contributed by atoms with Crippen molar-refractivity contribution in [2.45, 2.75) is 25.3 Å². The minimum atomic E-state index is -0.496. The highest BCUT2D eigenvalue weighted by Gasteiger charge is 2.16. The zero-order valence-electron chi connectivity index (χ0n) is 16.5. The van der Waals surface area contributed by atoms with E-state index in [4.69, 9.17) is 5.73 Å². The number of primary amides is 1. The maximum atomic E-state index is 12.5. The molecule has 0 atom stereocenters. The summed E-state index contributed by atoms with van der Waals surface area (Å²) in [6.45, 7) is 4.19. The number of anilines is 1. The minimum absolute atomic E-state index is 0.0474. The number of carbonyl (C=O) groups is 3. The van der Waals surface area contributed by atoms with Gasteiger partial charge >= 0.3 is 0 Å². The maximum Gasteiger partial charge on any atom is 0.253 e. The Morgan fingerprint density at radius 1 is 1.17 bits per heavy atom. The Kier molecular flexibility index (Phi) is 7.01. The molecule has 3 rings (SSSR count). The monoisotopic (exact) mass is 443 g/mol. The molecular weight excluding hydrogens is 422 g/mol. The van der Waals surface area contributed by atoms with Gasteiger partial charge in [0.15, 0.2) is 0 Å². The van der Waals surface area contributed by atoms with E-state index in [0.717, 1.165) is 20.8 Å². The molecule has 0 fully saturated rings. The van der Waals surface area contributed by atoms with Crippen molar-refractivity contribution in [3.63, 3.8) is 0 Å². The minimum Gasteiger partial charge on any atom is -0.370 e. The standard InChI is InChI=1S/C20H21N5O3S2/c1-11-12(2)30-20-17(11)19(23-10-24-20)29-9-16(27)25-14-6-4-3-5-13(14)18(28)22-8-7-15(21)26/h3-6,10H,7-9H2,1-2H3,(H2,21,26)(H,22,28)(H,25,27). The number of thiophene rings is 1. The summed E-state index contributed by atoms with van der Waals surface area (Å²) >= 11 is 2.93. The van der Waals surface area contributed by atoms with E-state index in [1.807, 2.05) is 13.8 Å². The maximum absolute atomic E-state index is 12.5. The Bertz CT molecular complexity index is 1110. The van der Waals surface area contributed by atoms with E-state index >= 15 is 0 Å². The van der Waals surface area contributed by atoms with Gasteiger partial charge in [0, 0.05) is 23.2 Å². The number of nitrogens with two attached hydrogens (primary N) is 1. The van der Waals surface area contributed by atoms with Crippen molar-refractivity contribution in [1.82, 2.24) is 15.3 Å². The Balaban J connectivity index is 1.66. The zero-order chi connectivity index (χ0) is 21.7.